The van der Waals surface area contributed by atoms with Gasteiger partial charge in [0, 0.05) is 30.0 Å². The Bertz CT molecular complexity index is 296. The van der Waals surface area contributed by atoms with E-state index in [0.29, 0.717) is 12.5 Å². The smallest absolute Gasteiger partial charge is 0.0627 e. The molecule has 0 bridgehead atoms. The molecule has 1 rings (SSSR count). The van der Waals surface area contributed by atoms with E-state index in [-0.39, 0.29) is 6.04 Å². The minimum atomic E-state index is 0.198. The molecule has 1 unspecified atom stereocenters. The molecule has 0 aromatic heterocycles. The summed E-state index contributed by atoms with van der Waals surface area (Å²) in [5.74, 6) is 0.554. The fourth-order valence-corrected chi connectivity index (χ4v) is 1.88. The predicted molar refractivity (Wildman–Crippen MR) is 67.4 cm³/mol. The van der Waals surface area contributed by atoms with Gasteiger partial charge in [0.15, 0.2) is 0 Å². The zero-order valence-electron chi connectivity index (χ0n) is 8.67. The molecular weight excluding hydrogens is 277 g/mol. The van der Waals surface area contributed by atoms with Crippen LogP contribution in [0.5, 0.6) is 0 Å². The van der Waals surface area contributed by atoms with Gasteiger partial charge in [0.05, 0.1) is 6.61 Å². The molecule has 1 N–H and O–H groups in total. The molecule has 0 aliphatic rings. The van der Waals surface area contributed by atoms with E-state index in [1.165, 1.54) is 5.56 Å². The summed E-state index contributed by atoms with van der Waals surface area (Å²) in [4.78, 5) is 0. The molecule has 84 valence electrons. The van der Waals surface area contributed by atoms with Crippen molar-refractivity contribution < 1.29 is 4.74 Å². The van der Waals surface area contributed by atoms with E-state index in [1.807, 2.05) is 18.2 Å². The van der Waals surface area contributed by atoms with Gasteiger partial charge in [0.2, 0.25) is 0 Å². The van der Waals surface area contributed by atoms with Crippen LogP contribution in [0.2, 0.25) is 0 Å². The lowest BCUT2D eigenvalue weighted by Gasteiger charge is -2.15. The van der Waals surface area contributed by atoms with Gasteiger partial charge in [0.1, 0.15) is 0 Å². The van der Waals surface area contributed by atoms with Crippen molar-refractivity contribution in [1.82, 2.24) is 5.32 Å². The molecule has 0 aliphatic heterocycles. The van der Waals surface area contributed by atoms with E-state index in [4.69, 9.17) is 16.3 Å². The van der Waals surface area contributed by atoms with Crippen molar-refractivity contribution in [3.63, 3.8) is 0 Å². The normalized spacial score (nSPS) is 12.7. The van der Waals surface area contributed by atoms with E-state index < -0.39 is 0 Å². The van der Waals surface area contributed by atoms with Gasteiger partial charge in [-0.3, -0.25) is 0 Å². The summed E-state index contributed by atoms with van der Waals surface area (Å²) in [7, 11) is 1.68. The van der Waals surface area contributed by atoms with Crippen LogP contribution in [0.15, 0.2) is 28.7 Å². The first kappa shape index (κ1) is 13.0. The van der Waals surface area contributed by atoms with Crippen LogP contribution in [-0.4, -0.2) is 25.6 Å². The minimum Gasteiger partial charge on any atom is -0.383 e. The van der Waals surface area contributed by atoms with Crippen molar-refractivity contribution in [2.24, 2.45) is 0 Å². The zero-order chi connectivity index (χ0) is 11.1. The fraction of sp³-hybridized carbons (Fsp3) is 0.455. The molecule has 4 heteroatoms. The van der Waals surface area contributed by atoms with Crippen molar-refractivity contribution >= 4 is 27.5 Å². The lowest BCUT2D eigenvalue weighted by molar-refractivity contribution is 0.172. The third kappa shape index (κ3) is 4.51. The number of hydrogen-bond donors (Lipinski definition) is 1. The van der Waals surface area contributed by atoms with Crippen molar-refractivity contribution in [2.75, 3.05) is 19.6 Å². The van der Waals surface area contributed by atoms with Crippen LogP contribution in [0.4, 0.5) is 0 Å². The first-order valence-electron chi connectivity index (χ1n) is 4.79. The summed E-state index contributed by atoms with van der Waals surface area (Å²) >= 11 is 9.30. The maximum absolute atomic E-state index is 5.80. The molecule has 15 heavy (non-hydrogen) atoms. The Hall–Kier alpha value is -0.0900. The number of alkyl halides is 1. The average Bonchev–Trinajstić information content (AvgIpc) is 2.26. The third-order valence-corrected chi connectivity index (χ3v) is 3.24. The highest BCUT2D eigenvalue weighted by molar-refractivity contribution is 9.10. The third-order valence-electron chi connectivity index (χ3n) is 2.09. The highest BCUT2D eigenvalue weighted by Crippen LogP contribution is 2.15. The van der Waals surface area contributed by atoms with Gasteiger partial charge in [-0.15, -0.1) is 11.6 Å². The Labute approximate surface area is 104 Å². The minimum absolute atomic E-state index is 0.198. The van der Waals surface area contributed by atoms with E-state index >= 15 is 0 Å². The molecule has 0 amide bonds. The zero-order valence-corrected chi connectivity index (χ0v) is 11.0. The molecule has 1 atom stereocenters. The molecule has 0 radical (unpaired) electrons. The van der Waals surface area contributed by atoms with Crippen LogP contribution < -0.4 is 5.32 Å². The highest BCUT2D eigenvalue weighted by atomic mass is 79.9. The number of halogens is 2. The van der Waals surface area contributed by atoms with E-state index in [9.17, 15) is 0 Å². The highest BCUT2D eigenvalue weighted by Gasteiger charge is 2.06. The van der Waals surface area contributed by atoms with Gasteiger partial charge in [-0.2, -0.15) is 0 Å². The summed E-state index contributed by atoms with van der Waals surface area (Å²) in [6.45, 7) is 1.43. The van der Waals surface area contributed by atoms with Crippen molar-refractivity contribution in [2.45, 2.75) is 12.6 Å². The van der Waals surface area contributed by atoms with Crippen molar-refractivity contribution in [3.05, 3.63) is 34.3 Å². The second-order valence-corrected chi connectivity index (χ2v) is 4.44. The summed E-state index contributed by atoms with van der Waals surface area (Å²) in [5, 5.41) is 3.34. The number of benzene rings is 1. The van der Waals surface area contributed by atoms with Gasteiger partial charge in [-0.25, -0.2) is 0 Å². The van der Waals surface area contributed by atoms with E-state index in [2.05, 4.69) is 27.3 Å². The molecule has 1 aromatic carbocycles. The van der Waals surface area contributed by atoms with E-state index in [0.717, 1.165) is 11.0 Å². The van der Waals surface area contributed by atoms with Crippen LogP contribution in [0.3, 0.4) is 0 Å². The Morgan fingerprint density at radius 2 is 2.20 bits per heavy atom. The summed E-state index contributed by atoms with van der Waals surface area (Å²) in [5.41, 5.74) is 1.23. The lowest BCUT2D eigenvalue weighted by Crippen LogP contribution is -2.34. The number of methoxy groups -OCH3 is 1. The topological polar surface area (TPSA) is 21.3 Å². The van der Waals surface area contributed by atoms with Gasteiger partial charge in [-0.05, 0) is 11.6 Å². The van der Waals surface area contributed by atoms with Gasteiger partial charge in [0.25, 0.3) is 0 Å². The van der Waals surface area contributed by atoms with Crippen LogP contribution in [-0.2, 0) is 11.3 Å². The van der Waals surface area contributed by atoms with Crippen molar-refractivity contribution in [3.8, 4) is 0 Å². The molecule has 0 aliphatic carbocycles. The lowest BCUT2D eigenvalue weighted by atomic mass is 10.2. The predicted octanol–water partition coefficient (Wildman–Crippen LogP) is 2.79. The summed E-state index contributed by atoms with van der Waals surface area (Å²) in [6.07, 6.45) is 0. The Morgan fingerprint density at radius 1 is 1.47 bits per heavy atom. The average molecular weight is 293 g/mol. The van der Waals surface area contributed by atoms with Crippen molar-refractivity contribution in [1.29, 1.82) is 0 Å². The standard InChI is InChI=1S/C11H15BrClNO/c1-15-8-10(6-13)14-7-9-4-2-3-5-11(9)12/h2-5,10,14H,6-8H2,1H3. The Morgan fingerprint density at radius 3 is 2.80 bits per heavy atom. The molecule has 0 heterocycles. The Balaban J connectivity index is 2.45. The van der Waals surface area contributed by atoms with Crippen LogP contribution in [0, 0.1) is 0 Å². The van der Waals surface area contributed by atoms with Gasteiger partial charge in [-0.1, -0.05) is 34.1 Å². The Kier molecular flexibility index (Phi) is 6.25. The van der Waals surface area contributed by atoms with Crippen LogP contribution in [0.1, 0.15) is 5.56 Å². The number of ether oxygens (including phenoxy) is 1. The summed E-state index contributed by atoms with van der Waals surface area (Å²) in [6, 6.07) is 8.33. The SMILES string of the molecule is COCC(CCl)NCc1ccccc1Br. The number of rotatable bonds is 6. The second-order valence-electron chi connectivity index (χ2n) is 3.28. The fourth-order valence-electron chi connectivity index (χ4n) is 1.26. The van der Waals surface area contributed by atoms with Crippen LogP contribution in [0.25, 0.3) is 0 Å². The molecular formula is C11H15BrClNO. The maximum Gasteiger partial charge on any atom is 0.0627 e. The number of hydrogen-bond acceptors (Lipinski definition) is 2. The molecule has 0 saturated heterocycles. The maximum atomic E-state index is 5.80. The largest absolute Gasteiger partial charge is 0.383 e. The molecule has 0 saturated carbocycles. The quantitative estimate of drug-likeness (QED) is 0.814. The molecule has 0 fully saturated rings. The van der Waals surface area contributed by atoms with E-state index in [1.54, 1.807) is 7.11 Å². The first-order valence-corrected chi connectivity index (χ1v) is 6.12. The second kappa shape index (κ2) is 7.23. The summed E-state index contributed by atoms with van der Waals surface area (Å²) < 4.78 is 6.17. The number of nitrogens with one attached hydrogen (secondary N) is 1. The van der Waals surface area contributed by atoms with Gasteiger partial charge < -0.3 is 10.1 Å². The van der Waals surface area contributed by atoms with Crippen LogP contribution >= 0.6 is 27.5 Å². The molecule has 0 spiro atoms. The molecule has 2 nitrogen and oxygen atoms in total. The molecule has 1 aromatic rings. The van der Waals surface area contributed by atoms with Gasteiger partial charge >= 0.3 is 0 Å². The first-order chi connectivity index (χ1) is 7.27. The monoisotopic (exact) mass is 291 g/mol.